The van der Waals surface area contributed by atoms with E-state index in [-0.39, 0.29) is 5.78 Å². The average molecular weight is 412 g/mol. The minimum absolute atomic E-state index is 0.152. The molecule has 2 aromatic rings. The minimum Gasteiger partial charge on any atom is -0.378 e. The number of rotatable bonds is 2. The van der Waals surface area contributed by atoms with Crippen LogP contribution in [0, 0.1) is 0 Å². The molecule has 6 heteroatoms. The van der Waals surface area contributed by atoms with Crippen LogP contribution in [0.25, 0.3) is 16.5 Å². The number of hydrogen-bond acceptors (Lipinski definition) is 4. The first-order valence-electron chi connectivity index (χ1n) is 8.84. The molecule has 0 unspecified atom stereocenters. The molecule has 5 rings (SSSR count). The first kappa shape index (κ1) is 16.0. The quantitative estimate of drug-likeness (QED) is 0.819. The summed E-state index contributed by atoms with van der Waals surface area (Å²) in [5.74, 6) is 0.152. The van der Waals surface area contributed by atoms with E-state index in [0.717, 1.165) is 64.9 Å². The van der Waals surface area contributed by atoms with Crippen molar-refractivity contribution in [3.63, 3.8) is 0 Å². The van der Waals surface area contributed by atoms with E-state index in [0.29, 0.717) is 6.42 Å². The number of allylic oxidation sites excluding steroid dienone is 5. The maximum Gasteiger partial charge on any atom is 0.184 e. The Kier molecular flexibility index (Phi) is 3.83. The van der Waals surface area contributed by atoms with Crippen molar-refractivity contribution < 1.29 is 9.53 Å². The van der Waals surface area contributed by atoms with Crippen LogP contribution in [0.4, 0.5) is 0 Å². The summed E-state index contributed by atoms with van der Waals surface area (Å²) in [4.78, 5) is 15.0. The van der Waals surface area contributed by atoms with E-state index in [1.807, 2.05) is 18.3 Å². The number of nitrogens with one attached hydrogen (secondary N) is 1. The molecular formula is C20H18BrN3O2. The molecule has 0 radical (unpaired) electrons. The van der Waals surface area contributed by atoms with E-state index >= 15 is 0 Å². The van der Waals surface area contributed by atoms with Crippen molar-refractivity contribution in [2.24, 2.45) is 0 Å². The zero-order valence-electron chi connectivity index (χ0n) is 14.2. The summed E-state index contributed by atoms with van der Waals surface area (Å²) in [6, 6.07) is 4.15. The van der Waals surface area contributed by atoms with Crippen LogP contribution < -0.4 is 0 Å². The summed E-state index contributed by atoms with van der Waals surface area (Å²) in [5.41, 5.74) is 6.52. The number of nitrogens with zero attached hydrogens (tertiary/aromatic N) is 2. The number of aromatic nitrogens is 2. The molecule has 0 spiro atoms. The lowest BCUT2D eigenvalue weighted by atomic mass is 9.89. The van der Waals surface area contributed by atoms with E-state index in [2.05, 4.69) is 43.2 Å². The Labute approximate surface area is 159 Å². The lowest BCUT2D eigenvalue weighted by Gasteiger charge is -2.33. The topological polar surface area (TPSA) is 58.2 Å². The molecule has 1 aliphatic heterocycles. The van der Waals surface area contributed by atoms with Gasteiger partial charge in [-0.1, -0.05) is 12.1 Å². The summed E-state index contributed by atoms with van der Waals surface area (Å²) in [6.45, 7) is 3.16. The standard InChI is InChI=1S/C20H18BrN3O2/c21-20-15(3-4-18-17(20)11-22-23-18)13-1-2-14-16(13)9-12(10-19(14)25)24-5-7-26-8-6-24/h1,3-4,10-11H,2,5-9H2,(H,22,23). The molecule has 3 aliphatic rings. The lowest BCUT2D eigenvalue weighted by molar-refractivity contribution is -0.111. The normalized spacial score (nSPS) is 20.5. The van der Waals surface area contributed by atoms with Gasteiger partial charge in [0.05, 0.1) is 24.9 Å². The Morgan fingerprint density at radius 2 is 2.04 bits per heavy atom. The molecular weight excluding hydrogens is 394 g/mol. The fourth-order valence-corrected chi connectivity index (χ4v) is 4.71. The number of fused-ring (bicyclic) bond motifs is 1. The molecule has 1 fully saturated rings. The highest BCUT2D eigenvalue weighted by molar-refractivity contribution is 9.10. The van der Waals surface area contributed by atoms with Crippen molar-refractivity contribution in [1.29, 1.82) is 0 Å². The molecule has 2 heterocycles. The van der Waals surface area contributed by atoms with E-state index in [9.17, 15) is 4.79 Å². The van der Waals surface area contributed by atoms with Gasteiger partial charge in [-0.25, -0.2) is 0 Å². The molecule has 0 saturated carbocycles. The third kappa shape index (κ3) is 2.47. The number of hydrogen-bond donors (Lipinski definition) is 1. The first-order valence-corrected chi connectivity index (χ1v) is 9.64. The highest BCUT2D eigenvalue weighted by atomic mass is 79.9. The molecule has 26 heavy (non-hydrogen) atoms. The predicted octanol–water partition coefficient (Wildman–Crippen LogP) is 3.60. The zero-order valence-corrected chi connectivity index (χ0v) is 15.8. The molecule has 1 aromatic carbocycles. The van der Waals surface area contributed by atoms with Crippen LogP contribution in [-0.2, 0) is 9.53 Å². The number of H-pyrrole nitrogens is 1. The van der Waals surface area contributed by atoms with Crippen molar-refractivity contribution >= 4 is 38.2 Å². The van der Waals surface area contributed by atoms with E-state index < -0.39 is 0 Å². The molecule has 132 valence electrons. The van der Waals surface area contributed by atoms with Crippen LogP contribution in [0.5, 0.6) is 0 Å². The van der Waals surface area contributed by atoms with Crippen LogP contribution >= 0.6 is 15.9 Å². The van der Waals surface area contributed by atoms with Gasteiger partial charge in [-0.2, -0.15) is 5.10 Å². The number of carbonyl (C=O) groups excluding carboxylic acids is 1. The Bertz CT molecular complexity index is 1010. The van der Waals surface area contributed by atoms with Crippen LogP contribution in [-0.4, -0.2) is 47.2 Å². The van der Waals surface area contributed by atoms with Gasteiger partial charge in [-0.15, -0.1) is 0 Å². The number of ether oxygens (including phenoxy) is 1. The second-order valence-corrected chi connectivity index (χ2v) is 7.61. The molecule has 5 nitrogen and oxygen atoms in total. The fraction of sp³-hybridized carbons (Fsp3) is 0.300. The lowest BCUT2D eigenvalue weighted by Crippen LogP contribution is -2.36. The van der Waals surface area contributed by atoms with Gasteiger partial charge in [-0.3, -0.25) is 9.89 Å². The van der Waals surface area contributed by atoms with Crippen LogP contribution in [0.1, 0.15) is 18.4 Å². The van der Waals surface area contributed by atoms with Crippen molar-refractivity contribution in [3.8, 4) is 0 Å². The summed E-state index contributed by atoms with van der Waals surface area (Å²) in [5, 5.41) is 8.19. The zero-order chi connectivity index (χ0) is 17.7. The Balaban J connectivity index is 1.52. The van der Waals surface area contributed by atoms with E-state index in [1.54, 1.807) is 0 Å². The maximum absolute atomic E-state index is 12.7. The van der Waals surface area contributed by atoms with Gasteiger partial charge < -0.3 is 9.64 Å². The summed E-state index contributed by atoms with van der Waals surface area (Å²) in [7, 11) is 0. The van der Waals surface area contributed by atoms with Crippen molar-refractivity contribution in [3.05, 3.63) is 57.4 Å². The molecule has 1 N–H and O–H groups in total. The average Bonchev–Trinajstić information content (AvgIpc) is 3.30. The molecule has 0 bridgehead atoms. The fourth-order valence-electron chi connectivity index (χ4n) is 4.05. The second-order valence-electron chi connectivity index (χ2n) is 6.81. The van der Waals surface area contributed by atoms with Gasteiger partial charge in [0, 0.05) is 46.7 Å². The molecule has 1 aromatic heterocycles. The first-order chi connectivity index (χ1) is 12.7. The molecule has 0 atom stereocenters. The molecule has 2 aliphatic carbocycles. The largest absolute Gasteiger partial charge is 0.378 e. The third-order valence-corrected chi connectivity index (χ3v) is 6.27. The minimum atomic E-state index is 0.152. The number of ketones is 1. The molecule has 0 amide bonds. The van der Waals surface area contributed by atoms with Gasteiger partial charge in [0.25, 0.3) is 0 Å². The third-order valence-electron chi connectivity index (χ3n) is 5.42. The summed E-state index contributed by atoms with van der Waals surface area (Å²) < 4.78 is 6.48. The Morgan fingerprint density at radius 3 is 2.88 bits per heavy atom. The predicted molar refractivity (Wildman–Crippen MR) is 104 cm³/mol. The van der Waals surface area contributed by atoms with Crippen LogP contribution in [0.2, 0.25) is 0 Å². The highest BCUT2D eigenvalue weighted by Gasteiger charge is 2.30. The van der Waals surface area contributed by atoms with Gasteiger partial charge in [-0.05, 0) is 45.1 Å². The SMILES string of the molecule is O=C1C=C(N2CCOCC2)CC2=C1CC=C2c1ccc2[nH]ncc2c1Br. The van der Waals surface area contributed by atoms with Crippen LogP contribution in [0.3, 0.4) is 0 Å². The van der Waals surface area contributed by atoms with Crippen LogP contribution in [0.15, 0.2) is 51.8 Å². The Morgan fingerprint density at radius 1 is 1.19 bits per heavy atom. The van der Waals surface area contributed by atoms with Crippen molar-refractivity contribution in [2.45, 2.75) is 12.8 Å². The monoisotopic (exact) mass is 411 g/mol. The van der Waals surface area contributed by atoms with Crippen molar-refractivity contribution in [2.75, 3.05) is 26.3 Å². The maximum atomic E-state index is 12.7. The van der Waals surface area contributed by atoms with Crippen molar-refractivity contribution in [1.82, 2.24) is 15.1 Å². The Hall–Kier alpha value is -2.18. The number of morpholine rings is 1. The summed E-state index contributed by atoms with van der Waals surface area (Å²) >= 11 is 3.74. The van der Waals surface area contributed by atoms with E-state index in [1.165, 1.54) is 11.1 Å². The molecule has 1 saturated heterocycles. The second kappa shape index (κ2) is 6.21. The number of aromatic amines is 1. The smallest absolute Gasteiger partial charge is 0.184 e. The van der Waals surface area contributed by atoms with E-state index in [4.69, 9.17) is 4.74 Å². The highest BCUT2D eigenvalue weighted by Crippen LogP contribution is 2.44. The summed E-state index contributed by atoms with van der Waals surface area (Å²) in [6.07, 6.45) is 7.37. The van der Waals surface area contributed by atoms with Gasteiger partial charge >= 0.3 is 0 Å². The number of benzene rings is 1. The van der Waals surface area contributed by atoms with Gasteiger partial charge in [0.1, 0.15) is 0 Å². The van der Waals surface area contributed by atoms with Gasteiger partial charge in [0.2, 0.25) is 0 Å². The number of carbonyl (C=O) groups is 1. The number of halogens is 1. The van der Waals surface area contributed by atoms with Gasteiger partial charge in [0.15, 0.2) is 5.78 Å².